The second-order valence-corrected chi connectivity index (χ2v) is 8.00. The van der Waals surface area contributed by atoms with Crippen LogP contribution in [0.1, 0.15) is 48.0 Å². The number of carbonyl (C=O) groups is 4. The summed E-state index contributed by atoms with van der Waals surface area (Å²) < 4.78 is 10.1. The molecule has 0 fully saturated rings. The number of ether oxygens (including phenoxy) is 2. The summed E-state index contributed by atoms with van der Waals surface area (Å²) in [7, 11) is 0. The molecule has 0 aromatic rings. The maximum atomic E-state index is 12.1. The molecule has 0 aliphatic heterocycles. The van der Waals surface area contributed by atoms with Crippen LogP contribution >= 0.6 is 0 Å². The molecule has 0 spiro atoms. The first-order chi connectivity index (χ1) is 12.1. The van der Waals surface area contributed by atoms with E-state index >= 15 is 0 Å². The van der Waals surface area contributed by atoms with Crippen molar-refractivity contribution in [2.75, 3.05) is 13.1 Å². The molecule has 0 saturated carbocycles. The van der Waals surface area contributed by atoms with Crippen molar-refractivity contribution in [3.05, 3.63) is 0 Å². The highest BCUT2D eigenvalue weighted by Crippen LogP contribution is 2.16. The van der Waals surface area contributed by atoms with Gasteiger partial charge in [0.25, 0.3) is 0 Å². The monoisotopic (exact) mass is 389 g/mol. The largest absolute Gasteiger partial charge is 0.481 e. The zero-order chi connectivity index (χ0) is 21.4. The van der Waals surface area contributed by atoms with Gasteiger partial charge in [-0.1, -0.05) is 0 Å². The van der Waals surface area contributed by atoms with Crippen molar-refractivity contribution < 1.29 is 33.8 Å². The molecule has 0 rings (SSSR count). The average Bonchev–Trinajstić information content (AvgIpc) is 2.41. The molecule has 0 aliphatic carbocycles. The van der Waals surface area contributed by atoms with Crippen LogP contribution in [0.4, 0.5) is 4.79 Å². The maximum absolute atomic E-state index is 12.1. The Morgan fingerprint density at radius 1 is 0.963 bits per heavy atom. The third-order valence-corrected chi connectivity index (χ3v) is 2.99. The van der Waals surface area contributed by atoms with Crippen LogP contribution in [-0.2, 0) is 23.9 Å². The Labute approximate surface area is 159 Å². The minimum atomic E-state index is -1.55. The highest BCUT2D eigenvalue weighted by molar-refractivity contribution is 5.95. The van der Waals surface area contributed by atoms with Crippen LogP contribution < -0.4 is 16.4 Å². The van der Waals surface area contributed by atoms with Crippen molar-refractivity contribution in [1.29, 1.82) is 0 Å². The van der Waals surface area contributed by atoms with E-state index in [0.717, 1.165) is 0 Å². The third-order valence-electron chi connectivity index (χ3n) is 2.99. The number of rotatable bonds is 9. The van der Waals surface area contributed by atoms with E-state index in [9.17, 15) is 24.3 Å². The normalized spacial score (nSPS) is 14.0. The predicted octanol–water partition coefficient (Wildman–Crippen LogP) is 0.387. The van der Waals surface area contributed by atoms with Crippen molar-refractivity contribution in [2.24, 2.45) is 11.7 Å². The summed E-state index contributed by atoms with van der Waals surface area (Å²) in [4.78, 5) is 46.6. The second-order valence-electron chi connectivity index (χ2n) is 8.00. The smallest absolute Gasteiger partial charge is 0.407 e. The van der Waals surface area contributed by atoms with Crippen LogP contribution in [-0.4, -0.2) is 59.4 Å². The molecule has 0 heterocycles. The molecule has 2 amide bonds. The second kappa shape index (κ2) is 10.1. The number of nitrogens with two attached hydrogens (primary N) is 1. The lowest BCUT2D eigenvalue weighted by atomic mass is 9.99. The van der Waals surface area contributed by atoms with Gasteiger partial charge in [0.05, 0.1) is 6.04 Å². The van der Waals surface area contributed by atoms with Crippen molar-refractivity contribution in [1.82, 2.24) is 10.6 Å². The molecule has 0 aromatic heterocycles. The van der Waals surface area contributed by atoms with E-state index in [1.54, 1.807) is 41.5 Å². The van der Waals surface area contributed by atoms with Gasteiger partial charge in [-0.05, 0) is 48.0 Å². The van der Waals surface area contributed by atoms with E-state index in [-0.39, 0.29) is 19.5 Å². The van der Waals surface area contributed by atoms with Gasteiger partial charge in [0.15, 0.2) is 5.92 Å². The molecule has 2 atom stereocenters. The van der Waals surface area contributed by atoms with Crippen LogP contribution in [0.3, 0.4) is 0 Å². The lowest BCUT2D eigenvalue weighted by molar-refractivity contribution is -0.167. The molecule has 27 heavy (non-hydrogen) atoms. The summed E-state index contributed by atoms with van der Waals surface area (Å²) in [6.07, 6.45) is -0.997. The van der Waals surface area contributed by atoms with Gasteiger partial charge in [-0.3, -0.25) is 14.4 Å². The molecule has 0 saturated heterocycles. The molecule has 0 bridgehead atoms. The molecule has 0 aliphatic rings. The van der Waals surface area contributed by atoms with E-state index in [1.807, 2.05) is 0 Å². The van der Waals surface area contributed by atoms with Gasteiger partial charge in [-0.25, -0.2) is 4.79 Å². The average molecular weight is 389 g/mol. The van der Waals surface area contributed by atoms with Gasteiger partial charge in [0.1, 0.15) is 11.2 Å². The number of esters is 1. The topological polar surface area (TPSA) is 157 Å². The number of aliphatic carboxylic acids is 1. The summed E-state index contributed by atoms with van der Waals surface area (Å²) in [5.74, 6) is -4.73. The Morgan fingerprint density at radius 3 is 1.89 bits per heavy atom. The fourth-order valence-electron chi connectivity index (χ4n) is 1.93. The minimum Gasteiger partial charge on any atom is -0.481 e. The molecule has 5 N–H and O–H groups in total. The number of alkyl carbamates (subject to hydrolysis) is 1. The Balaban J connectivity index is 4.69. The Morgan fingerprint density at radius 2 is 1.48 bits per heavy atom. The first kappa shape index (κ1) is 24.6. The zero-order valence-corrected chi connectivity index (χ0v) is 16.8. The SMILES string of the molecule is CC(C)(C)OC(=O)NCCN[C@H](CC(C(=O)O)C(=O)OC(C)(C)C)C(N)=O. The van der Waals surface area contributed by atoms with E-state index in [2.05, 4.69) is 10.6 Å². The molecular formula is C17H31N3O7. The number of carbonyl (C=O) groups excluding carboxylic acids is 3. The standard InChI is InChI=1S/C17H31N3O7/c1-16(2,3)26-14(24)10(13(22)23)9-11(12(18)21)19-7-8-20-15(25)27-17(4,5)6/h10-11,19H,7-9H2,1-6H3,(H2,18,21)(H,20,25)(H,22,23)/t10?,11-/m1/s1. The Hall–Kier alpha value is -2.36. The first-order valence-electron chi connectivity index (χ1n) is 8.57. The van der Waals surface area contributed by atoms with Crippen molar-refractivity contribution in [3.63, 3.8) is 0 Å². The van der Waals surface area contributed by atoms with E-state index in [1.165, 1.54) is 0 Å². The molecule has 10 nitrogen and oxygen atoms in total. The van der Waals surface area contributed by atoms with Gasteiger partial charge in [-0.2, -0.15) is 0 Å². The summed E-state index contributed by atoms with van der Waals surface area (Å²) in [6.45, 7) is 10.2. The number of hydrogen-bond acceptors (Lipinski definition) is 7. The van der Waals surface area contributed by atoms with Crippen LogP contribution in [0.15, 0.2) is 0 Å². The number of carboxylic acids is 1. The highest BCUT2D eigenvalue weighted by atomic mass is 16.6. The number of primary amides is 1. The number of carboxylic acid groups (broad SMARTS) is 1. The summed E-state index contributed by atoms with van der Waals surface area (Å²) >= 11 is 0. The summed E-state index contributed by atoms with van der Waals surface area (Å²) in [5, 5.41) is 14.5. The van der Waals surface area contributed by atoms with Gasteiger partial charge in [0, 0.05) is 13.1 Å². The fourth-order valence-corrected chi connectivity index (χ4v) is 1.93. The van der Waals surface area contributed by atoms with Gasteiger partial charge >= 0.3 is 18.0 Å². The molecular weight excluding hydrogens is 358 g/mol. The summed E-state index contributed by atoms with van der Waals surface area (Å²) in [6, 6.07) is -1.08. The Kier molecular flexibility index (Phi) is 9.22. The molecule has 156 valence electrons. The number of hydrogen-bond donors (Lipinski definition) is 4. The fraction of sp³-hybridized carbons (Fsp3) is 0.765. The third kappa shape index (κ3) is 11.8. The van der Waals surface area contributed by atoms with Gasteiger partial charge in [-0.15, -0.1) is 0 Å². The van der Waals surface area contributed by atoms with Gasteiger partial charge in [0.2, 0.25) is 5.91 Å². The van der Waals surface area contributed by atoms with E-state index < -0.39 is 47.1 Å². The van der Waals surface area contributed by atoms with E-state index in [0.29, 0.717) is 0 Å². The lowest BCUT2D eigenvalue weighted by Gasteiger charge is -2.24. The summed E-state index contributed by atoms with van der Waals surface area (Å²) in [5.41, 5.74) is 3.77. The lowest BCUT2D eigenvalue weighted by Crippen LogP contribution is -2.48. The first-order valence-corrected chi connectivity index (χ1v) is 8.57. The molecule has 10 heteroatoms. The van der Waals surface area contributed by atoms with E-state index in [4.69, 9.17) is 15.2 Å². The van der Waals surface area contributed by atoms with Crippen LogP contribution in [0.2, 0.25) is 0 Å². The predicted molar refractivity (Wildman–Crippen MR) is 96.8 cm³/mol. The van der Waals surface area contributed by atoms with Crippen LogP contribution in [0, 0.1) is 5.92 Å². The molecule has 1 unspecified atom stereocenters. The van der Waals surface area contributed by atoms with Crippen LogP contribution in [0.25, 0.3) is 0 Å². The van der Waals surface area contributed by atoms with Crippen LogP contribution in [0.5, 0.6) is 0 Å². The van der Waals surface area contributed by atoms with Crippen molar-refractivity contribution in [3.8, 4) is 0 Å². The molecule has 0 aromatic carbocycles. The van der Waals surface area contributed by atoms with Gasteiger partial charge < -0.3 is 30.9 Å². The highest BCUT2D eigenvalue weighted by Gasteiger charge is 2.34. The maximum Gasteiger partial charge on any atom is 0.407 e. The zero-order valence-electron chi connectivity index (χ0n) is 16.8. The Bertz CT molecular complexity index is 550. The molecule has 0 radical (unpaired) electrons. The van der Waals surface area contributed by atoms with Crippen molar-refractivity contribution >= 4 is 23.9 Å². The minimum absolute atomic E-state index is 0.114. The van der Waals surface area contributed by atoms with Crippen molar-refractivity contribution in [2.45, 2.75) is 65.2 Å². The number of nitrogens with one attached hydrogen (secondary N) is 2. The number of amides is 2. The quantitative estimate of drug-likeness (QED) is 0.250.